The zero-order valence-electron chi connectivity index (χ0n) is 14.9. The molecule has 2 fully saturated rings. The summed E-state index contributed by atoms with van der Waals surface area (Å²) >= 11 is 0. The fourth-order valence-electron chi connectivity index (χ4n) is 4.07. The molecule has 146 valence electrons. The average Bonchev–Trinajstić information content (AvgIpc) is 2.62. The zero-order valence-corrected chi connectivity index (χ0v) is 14.9. The number of aliphatic hydroxyl groups is 1. The molecule has 2 unspecified atom stereocenters. The number of aliphatic hydroxyl groups excluding tert-OH is 1. The van der Waals surface area contributed by atoms with Gasteiger partial charge in [0.2, 0.25) is 0 Å². The van der Waals surface area contributed by atoms with Gasteiger partial charge in [0.05, 0.1) is 18.8 Å². The molecule has 0 spiro atoms. The number of morpholine rings is 1. The smallest absolute Gasteiger partial charge is 0.396 e. The van der Waals surface area contributed by atoms with E-state index in [1.165, 1.54) is 12.1 Å². The molecule has 0 radical (unpaired) electrons. The Kier molecular flexibility index (Phi) is 6.55. The molecule has 1 aromatic carbocycles. The molecule has 2 aliphatic rings. The van der Waals surface area contributed by atoms with E-state index >= 15 is 0 Å². The molecule has 1 N–H and O–H groups in total. The number of hydrogen-bond acceptors (Lipinski definition) is 4. The molecule has 0 aromatic heterocycles. The summed E-state index contributed by atoms with van der Waals surface area (Å²) in [6, 6.07) is 5.56. The number of piperidine rings is 1. The first-order valence-corrected chi connectivity index (χ1v) is 9.23. The lowest BCUT2D eigenvalue weighted by atomic mass is 9.88. The van der Waals surface area contributed by atoms with E-state index in [0.717, 1.165) is 58.4 Å². The number of hydrogen-bond donors (Lipinski definition) is 1. The van der Waals surface area contributed by atoms with E-state index in [-0.39, 0.29) is 12.5 Å². The van der Waals surface area contributed by atoms with Crippen molar-refractivity contribution in [2.75, 3.05) is 52.5 Å². The van der Waals surface area contributed by atoms with Crippen molar-refractivity contribution in [3.8, 4) is 0 Å². The molecule has 26 heavy (non-hydrogen) atoms. The summed E-state index contributed by atoms with van der Waals surface area (Å²) in [5.74, 6) is 0.602. The van der Waals surface area contributed by atoms with Crippen molar-refractivity contribution in [2.24, 2.45) is 11.8 Å². The van der Waals surface area contributed by atoms with Gasteiger partial charge in [-0.1, -0.05) is 18.2 Å². The van der Waals surface area contributed by atoms with E-state index in [2.05, 4.69) is 9.80 Å². The molecular formula is C19H27F3N2O2. The summed E-state index contributed by atoms with van der Waals surface area (Å²) in [6.07, 6.45) is -3.35. The Morgan fingerprint density at radius 3 is 2.50 bits per heavy atom. The Morgan fingerprint density at radius 2 is 1.81 bits per heavy atom. The van der Waals surface area contributed by atoms with Gasteiger partial charge in [0.1, 0.15) is 0 Å². The third-order valence-corrected chi connectivity index (χ3v) is 5.24. The molecule has 1 aromatic rings. The van der Waals surface area contributed by atoms with Crippen LogP contribution in [0.5, 0.6) is 0 Å². The molecule has 4 nitrogen and oxygen atoms in total. The summed E-state index contributed by atoms with van der Waals surface area (Å²) in [5, 5.41) is 9.64. The number of nitrogens with zero attached hydrogens (tertiary/aromatic N) is 2. The normalized spacial score (nSPS) is 26.2. The lowest BCUT2D eigenvalue weighted by molar-refractivity contribution is -0.137. The maximum absolute atomic E-state index is 12.9. The van der Waals surface area contributed by atoms with Gasteiger partial charge in [-0.2, -0.15) is 13.2 Å². The highest BCUT2D eigenvalue weighted by Crippen LogP contribution is 2.30. The van der Waals surface area contributed by atoms with Crippen LogP contribution in [0.2, 0.25) is 0 Å². The topological polar surface area (TPSA) is 35.9 Å². The predicted octanol–water partition coefficient (Wildman–Crippen LogP) is 2.47. The summed E-state index contributed by atoms with van der Waals surface area (Å²) < 4.78 is 44.2. The fraction of sp³-hybridized carbons (Fsp3) is 0.684. The van der Waals surface area contributed by atoms with Gasteiger partial charge in [0.25, 0.3) is 0 Å². The van der Waals surface area contributed by atoms with E-state index in [1.54, 1.807) is 6.07 Å². The molecule has 0 aliphatic carbocycles. The minimum atomic E-state index is -4.32. The van der Waals surface area contributed by atoms with Crippen molar-refractivity contribution in [3.05, 3.63) is 35.4 Å². The van der Waals surface area contributed by atoms with Crippen molar-refractivity contribution >= 4 is 0 Å². The summed E-state index contributed by atoms with van der Waals surface area (Å²) in [4.78, 5) is 4.57. The molecular weight excluding hydrogens is 345 g/mol. The molecule has 0 amide bonds. The second kappa shape index (κ2) is 8.69. The van der Waals surface area contributed by atoms with Gasteiger partial charge in [-0.15, -0.1) is 0 Å². The highest BCUT2D eigenvalue weighted by molar-refractivity contribution is 5.25. The second-order valence-corrected chi connectivity index (χ2v) is 7.46. The number of rotatable bonds is 5. The van der Waals surface area contributed by atoms with Crippen LogP contribution in [0.4, 0.5) is 13.2 Å². The van der Waals surface area contributed by atoms with E-state index < -0.39 is 11.7 Å². The van der Waals surface area contributed by atoms with E-state index in [4.69, 9.17) is 4.74 Å². The summed E-state index contributed by atoms with van der Waals surface area (Å²) in [6.45, 7) is 6.50. The Labute approximate surface area is 152 Å². The predicted molar refractivity (Wildman–Crippen MR) is 92.7 cm³/mol. The number of alkyl halides is 3. The Bertz CT molecular complexity index is 576. The molecule has 3 rings (SSSR count). The van der Waals surface area contributed by atoms with Crippen LogP contribution in [0.3, 0.4) is 0 Å². The summed E-state index contributed by atoms with van der Waals surface area (Å²) in [5.41, 5.74) is 0.0686. The lowest BCUT2D eigenvalue weighted by Crippen LogP contribution is -2.47. The van der Waals surface area contributed by atoms with E-state index in [0.29, 0.717) is 18.0 Å². The van der Waals surface area contributed by atoms with Gasteiger partial charge >= 0.3 is 6.18 Å². The van der Waals surface area contributed by atoms with Crippen molar-refractivity contribution < 1.29 is 23.0 Å². The van der Waals surface area contributed by atoms with Gasteiger partial charge in [-0.3, -0.25) is 9.80 Å². The first-order chi connectivity index (χ1) is 12.4. The molecule has 2 saturated heterocycles. The van der Waals surface area contributed by atoms with E-state index in [1.807, 2.05) is 0 Å². The molecule has 0 bridgehead atoms. The minimum Gasteiger partial charge on any atom is -0.396 e. The first-order valence-electron chi connectivity index (χ1n) is 9.23. The van der Waals surface area contributed by atoms with Crippen LogP contribution >= 0.6 is 0 Å². The van der Waals surface area contributed by atoms with E-state index in [9.17, 15) is 18.3 Å². The molecule has 0 saturated carbocycles. The second-order valence-electron chi connectivity index (χ2n) is 7.46. The highest BCUT2D eigenvalue weighted by Gasteiger charge is 2.31. The average molecular weight is 372 g/mol. The third kappa shape index (κ3) is 5.42. The van der Waals surface area contributed by atoms with Gasteiger partial charge < -0.3 is 9.84 Å². The van der Waals surface area contributed by atoms with Crippen molar-refractivity contribution in [1.82, 2.24) is 9.80 Å². The molecule has 7 heteroatoms. The number of benzene rings is 1. The Hall–Kier alpha value is -1.15. The van der Waals surface area contributed by atoms with Gasteiger partial charge in [0.15, 0.2) is 0 Å². The third-order valence-electron chi connectivity index (χ3n) is 5.24. The van der Waals surface area contributed by atoms with Crippen molar-refractivity contribution in [1.29, 1.82) is 0 Å². The number of ether oxygens (including phenoxy) is 1. The van der Waals surface area contributed by atoms with Crippen LogP contribution in [0.15, 0.2) is 24.3 Å². The van der Waals surface area contributed by atoms with Crippen LogP contribution < -0.4 is 0 Å². The SMILES string of the molecule is OCC1CC(CN2CCOCC2)CN(Cc2cccc(C(F)(F)F)c2)C1. The standard InChI is InChI=1S/C19H27F3N2O2/c20-19(21,22)18-3-1-2-15(9-18)10-24-12-16(8-17(13-24)14-25)11-23-4-6-26-7-5-23/h1-3,9,16-17,25H,4-8,10-14H2. The molecule has 2 atom stereocenters. The van der Waals surface area contributed by atoms with Gasteiger partial charge in [-0.05, 0) is 29.9 Å². The highest BCUT2D eigenvalue weighted by atomic mass is 19.4. The maximum atomic E-state index is 12.9. The zero-order chi connectivity index (χ0) is 18.6. The Morgan fingerprint density at radius 1 is 1.08 bits per heavy atom. The van der Waals surface area contributed by atoms with Gasteiger partial charge in [-0.25, -0.2) is 0 Å². The van der Waals surface area contributed by atoms with Crippen LogP contribution in [-0.4, -0.2) is 67.5 Å². The lowest BCUT2D eigenvalue weighted by Gasteiger charge is -2.40. The molecule has 2 aliphatic heterocycles. The number of likely N-dealkylation sites (tertiary alicyclic amines) is 1. The fourth-order valence-corrected chi connectivity index (χ4v) is 4.07. The van der Waals surface area contributed by atoms with Gasteiger partial charge in [0, 0.05) is 45.9 Å². The summed E-state index contributed by atoms with van der Waals surface area (Å²) in [7, 11) is 0. The largest absolute Gasteiger partial charge is 0.416 e. The monoisotopic (exact) mass is 372 g/mol. The quantitative estimate of drug-likeness (QED) is 0.862. The maximum Gasteiger partial charge on any atom is 0.416 e. The van der Waals surface area contributed by atoms with Crippen molar-refractivity contribution in [3.63, 3.8) is 0 Å². The number of halogens is 3. The Balaban J connectivity index is 1.62. The molecule has 2 heterocycles. The minimum absolute atomic E-state index is 0.124. The van der Waals surface area contributed by atoms with Crippen LogP contribution in [-0.2, 0) is 17.5 Å². The van der Waals surface area contributed by atoms with Crippen LogP contribution in [0.25, 0.3) is 0 Å². The van der Waals surface area contributed by atoms with Crippen LogP contribution in [0.1, 0.15) is 17.5 Å². The first kappa shape index (κ1) is 19.6. The van der Waals surface area contributed by atoms with Crippen LogP contribution in [0, 0.1) is 11.8 Å². The van der Waals surface area contributed by atoms with Crippen molar-refractivity contribution in [2.45, 2.75) is 19.1 Å².